The summed E-state index contributed by atoms with van der Waals surface area (Å²) in [6, 6.07) is 2.10. The Hall–Kier alpha value is -1.93. The van der Waals surface area contributed by atoms with Crippen molar-refractivity contribution in [3.8, 4) is 0 Å². The molecule has 0 radical (unpaired) electrons. The summed E-state index contributed by atoms with van der Waals surface area (Å²) < 4.78 is 7.35. The average Bonchev–Trinajstić information content (AvgIpc) is 3.28. The maximum Gasteiger partial charge on any atom is 0.410 e. The number of ether oxygens (including phenoxy) is 1. The normalized spacial score (nSPS) is 23.3. The quantitative estimate of drug-likeness (QED) is 0.738. The molecule has 0 saturated carbocycles. The number of hydrogen-bond acceptors (Lipinski definition) is 6. The molecule has 8 heteroatoms. The molecule has 0 bridgehead atoms. The van der Waals surface area contributed by atoms with Gasteiger partial charge in [-0.1, -0.05) is 6.42 Å². The Bertz CT molecular complexity index is 977. The maximum absolute atomic E-state index is 12.8. The molecule has 0 N–H and O–H groups in total. The van der Waals surface area contributed by atoms with Crippen LogP contribution in [0.25, 0.3) is 4.96 Å². The number of carbonyl (C=O) groups is 1. The molecule has 2 aliphatic heterocycles. The zero-order chi connectivity index (χ0) is 21.5. The molecule has 2 atom stereocenters. The van der Waals surface area contributed by atoms with Gasteiger partial charge in [-0.2, -0.15) is 0 Å². The van der Waals surface area contributed by atoms with Crippen LogP contribution in [0.1, 0.15) is 64.3 Å². The summed E-state index contributed by atoms with van der Waals surface area (Å²) in [6.07, 6.45) is 5.16. The first-order valence-electron chi connectivity index (χ1n) is 10.9. The summed E-state index contributed by atoms with van der Waals surface area (Å²) in [4.78, 5) is 35.2. The van der Waals surface area contributed by atoms with Crippen molar-refractivity contribution < 1.29 is 9.53 Å². The molecule has 0 aliphatic carbocycles. The lowest BCUT2D eigenvalue weighted by atomic mass is 9.93. The predicted molar refractivity (Wildman–Crippen MR) is 118 cm³/mol. The second kappa shape index (κ2) is 8.30. The zero-order valence-electron chi connectivity index (χ0n) is 18.4. The van der Waals surface area contributed by atoms with Crippen LogP contribution >= 0.6 is 11.3 Å². The van der Waals surface area contributed by atoms with Crippen LogP contribution in [0.15, 0.2) is 16.2 Å². The molecule has 2 aromatic rings. The van der Waals surface area contributed by atoms with E-state index in [1.165, 1.54) is 17.8 Å². The topological polar surface area (TPSA) is 67.2 Å². The average molecular weight is 433 g/mol. The van der Waals surface area contributed by atoms with Gasteiger partial charge in [0.2, 0.25) is 0 Å². The van der Waals surface area contributed by atoms with E-state index in [4.69, 9.17) is 9.72 Å². The van der Waals surface area contributed by atoms with E-state index in [0.717, 1.165) is 55.1 Å². The summed E-state index contributed by atoms with van der Waals surface area (Å²) in [5.74, 6) is 0. The predicted octanol–water partition coefficient (Wildman–Crippen LogP) is 3.82. The van der Waals surface area contributed by atoms with Gasteiger partial charge >= 0.3 is 6.09 Å². The summed E-state index contributed by atoms with van der Waals surface area (Å²) in [7, 11) is 0. The van der Waals surface area contributed by atoms with Crippen LogP contribution in [0.2, 0.25) is 0 Å². The highest BCUT2D eigenvalue weighted by Crippen LogP contribution is 2.31. The highest BCUT2D eigenvalue weighted by Gasteiger charge is 2.40. The van der Waals surface area contributed by atoms with Gasteiger partial charge in [0.15, 0.2) is 4.96 Å². The molecule has 30 heavy (non-hydrogen) atoms. The van der Waals surface area contributed by atoms with Crippen molar-refractivity contribution in [3.63, 3.8) is 0 Å². The minimum atomic E-state index is -0.489. The number of piperidine rings is 1. The second-order valence-electron chi connectivity index (χ2n) is 9.50. The van der Waals surface area contributed by atoms with Crippen molar-refractivity contribution >= 4 is 22.4 Å². The van der Waals surface area contributed by atoms with Gasteiger partial charge in [0.1, 0.15) is 5.60 Å². The molecule has 0 spiro atoms. The van der Waals surface area contributed by atoms with Crippen LogP contribution in [-0.4, -0.2) is 56.1 Å². The summed E-state index contributed by atoms with van der Waals surface area (Å²) >= 11 is 1.50. The van der Waals surface area contributed by atoms with Crippen molar-refractivity contribution in [3.05, 3.63) is 33.2 Å². The number of likely N-dealkylation sites (tertiary alicyclic amines) is 2. The van der Waals surface area contributed by atoms with Crippen molar-refractivity contribution in [2.75, 3.05) is 13.1 Å². The minimum Gasteiger partial charge on any atom is -0.444 e. The van der Waals surface area contributed by atoms with E-state index in [1.54, 1.807) is 10.5 Å². The van der Waals surface area contributed by atoms with Crippen LogP contribution in [0.3, 0.4) is 0 Å². The SMILES string of the molecule is Cc1csc2nc(CN3CCCC[C@H]3[C@@H]3CCCN3C(=O)OC(C)(C)C)cc(=O)n12. The molecule has 1 amide bonds. The minimum absolute atomic E-state index is 0.0152. The lowest BCUT2D eigenvalue weighted by Gasteiger charge is -2.42. The number of hydrogen-bond donors (Lipinski definition) is 0. The van der Waals surface area contributed by atoms with Crippen LogP contribution < -0.4 is 5.56 Å². The van der Waals surface area contributed by atoms with Crippen molar-refractivity contribution in [2.45, 2.75) is 84.0 Å². The summed E-state index contributed by atoms with van der Waals surface area (Å²) in [6.45, 7) is 10.0. The Balaban J connectivity index is 1.54. The van der Waals surface area contributed by atoms with Gasteiger partial charge in [0, 0.05) is 36.3 Å². The third-order valence-electron chi connectivity index (χ3n) is 6.03. The number of thiazole rings is 1. The van der Waals surface area contributed by atoms with Gasteiger partial charge in [-0.05, 0) is 59.9 Å². The van der Waals surface area contributed by atoms with Crippen LogP contribution in [-0.2, 0) is 11.3 Å². The molecule has 164 valence electrons. The van der Waals surface area contributed by atoms with E-state index in [0.29, 0.717) is 6.54 Å². The Morgan fingerprint density at radius 3 is 2.73 bits per heavy atom. The molecule has 2 aliphatic rings. The lowest BCUT2D eigenvalue weighted by Crippen LogP contribution is -2.53. The number of aryl methyl sites for hydroxylation is 1. The van der Waals surface area contributed by atoms with E-state index >= 15 is 0 Å². The maximum atomic E-state index is 12.8. The fourth-order valence-electron chi connectivity index (χ4n) is 4.78. The monoisotopic (exact) mass is 432 g/mol. The molecule has 2 aromatic heterocycles. The number of fused-ring (bicyclic) bond motifs is 1. The summed E-state index contributed by atoms with van der Waals surface area (Å²) in [5, 5.41) is 1.97. The van der Waals surface area contributed by atoms with E-state index in [9.17, 15) is 9.59 Å². The fraction of sp³-hybridized carbons (Fsp3) is 0.682. The molecule has 0 aromatic carbocycles. The van der Waals surface area contributed by atoms with Crippen LogP contribution in [0.5, 0.6) is 0 Å². The Labute approximate surface area is 181 Å². The smallest absolute Gasteiger partial charge is 0.410 e. The van der Waals surface area contributed by atoms with Gasteiger partial charge < -0.3 is 9.64 Å². The molecular weight excluding hydrogens is 400 g/mol. The Kier molecular flexibility index (Phi) is 5.90. The highest BCUT2D eigenvalue weighted by atomic mass is 32.1. The van der Waals surface area contributed by atoms with Crippen molar-refractivity contribution in [2.24, 2.45) is 0 Å². The highest BCUT2D eigenvalue weighted by molar-refractivity contribution is 7.15. The van der Waals surface area contributed by atoms with Crippen molar-refractivity contribution in [1.29, 1.82) is 0 Å². The number of carbonyl (C=O) groups excluding carboxylic acids is 1. The molecule has 4 heterocycles. The molecule has 2 fully saturated rings. The van der Waals surface area contributed by atoms with Gasteiger partial charge in [-0.3, -0.25) is 14.1 Å². The van der Waals surface area contributed by atoms with Crippen molar-refractivity contribution in [1.82, 2.24) is 19.2 Å². The van der Waals surface area contributed by atoms with Crippen LogP contribution in [0, 0.1) is 6.92 Å². The van der Waals surface area contributed by atoms with E-state index in [1.807, 2.05) is 38.0 Å². The molecular formula is C22H32N4O3S. The summed E-state index contributed by atoms with van der Waals surface area (Å²) in [5.41, 5.74) is 1.24. The number of rotatable bonds is 3. The lowest BCUT2D eigenvalue weighted by molar-refractivity contribution is 0.00627. The third-order valence-corrected chi connectivity index (χ3v) is 6.97. The third kappa shape index (κ3) is 4.39. The van der Waals surface area contributed by atoms with E-state index < -0.39 is 5.60 Å². The standard InChI is InChI=1S/C22H32N4O3S/c1-15-14-30-20-23-16(12-19(27)26(15)20)13-24-10-6-5-8-17(24)18-9-7-11-25(18)21(28)29-22(2,3)4/h12,14,17-18H,5-11,13H2,1-4H3/t17-,18-/m0/s1. The molecule has 2 saturated heterocycles. The first-order valence-corrected chi connectivity index (χ1v) is 11.8. The van der Waals surface area contributed by atoms with Crippen LogP contribution in [0.4, 0.5) is 4.79 Å². The molecule has 4 rings (SSSR count). The number of aromatic nitrogens is 2. The fourth-order valence-corrected chi connectivity index (χ4v) is 5.67. The largest absolute Gasteiger partial charge is 0.444 e. The van der Waals surface area contributed by atoms with Gasteiger partial charge in [-0.25, -0.2) is 9.78 Å². The first kappa shape index (κ1) is 21.3. The molecule has 7 nitrogen and oxygen atoms in total. The van der Waals surface area contributed by atoms with Gasteiger partial charge in [-0.15, -0.1) is 11.3 Å². The van der Waals surface area contributed by atoms with Gasteiger partial charge in [0.25, 0.3) is 5.56 Å². The Morgan fingerprint density at radius 1 is 1.20 bits per heavy atom. The number of nitrogens with zero attached hydrogens (tertiary/aromatic N) is 4. The first-order chi connectivity index (χ1) is 14.2. The Morgan fingerprint density at radius 2 is 1.97 bits per heavy atom. The molecule has 0 unspecified atom stereocenters. The van der Waals surface area contributed by atoms with Gasteiger partial charge in [0.05, 0.1) is 11.7 Å². The zero-order valence-corrected chi connectivity index (χ0v) is 19.2. The van der Waals surface area contributed by atoms with E-state index in [2.05, 4.69) is 4.90 Å². The second-order valence-corrected chi connectivity index (χ2v) is 10.3. The number of amides is 1. The van der Waals surface area contributed by atoms with E-state index in [-0.39, 0.29) is 23.7 Å².